The van der Waals surface area contributed by atoms with Gasteiger partial charge in [-0.25, -0.2) is 4.79 Å². The summed E-state index contributed by atoms with van der Waals surface area (Å²) < 4.78 is 40.1. The lowest BCUT2D eigenvalue weighted by molar-refractivity contribution is -0.198. The summed E-state index contributed by atoms with van der Waals surface area (Å²) >= 11 is 0. The van der Waals surface area contributed by atoms with Crippen molar-refractivity contribution in [2.45, 2.75) is 18.6 Å². The van der Waals surface area contributed by atoms with Crippen molar-refractivity contribution in [2.75, 3.05) is 6.54 Å². The highest BCUT2D eigenvalue weighted by atomic mass is 19.4. The summed E-state index contributed by atoms with van der Waals surface area (Å²) in [4.78, 5) is 24.1. The summed E-state index contributed by atoms with van der Waals surface area (Å²) in [5, 5.41) is 1.79. The molecule has 7 heteroatoms. The van der Waals surface area contributed by atoms with Gasteiger partial charge in [0.05, 0.1) is 0 Å². The maximum atomic E-state index is 13.4. The molecule has 4 nitrogen and oxygen atoms in total. The maximum absolute atomic E-state index is 13.4. The zero-order valence-electron chi connectivity index (χ0n) is 9.99. The molecule has 3 amide bonds. The molecule has 1 atom stereocenters. The van der Waals surface area contributed by atoms with E-state index < -0.39 is 23.7 Å². The summed E-state index contributed by atoms with van der Waals surface area (Å²) in [6, 6.07) is 5.61. The number of halogens is 3. The Kier molecular flexibility index (Phi) is 3.00. The minimum absolute atomic E-state index is 0.116. The van der Waals surface area contributed by atoms with Gasteiger partial charge in [-0.15, -0.1) is 0 Å². The Bertz CT molecular complexity index is 515. The quantitative estimate of drug-likeness (QED) is 0.837. The number of carbonyl (C=O) groups is 2. The zero-order chi connectivity index (χ0) is 14.3. The van der Waals surface area contributed by atoms with E-state index in [0.29, 0.717) is 4.90 Å². The first-order chi connectivity index (χ1) is 8.84. The van der Waals surface area contributed by atoms with Crippen LogP contribution in [-0.4, -0.2) is 29.6 Å². The number of rotatable bonds is 2. The van der Waals surface area contributed by atoms with Gasteiger partial charge >= 0.3 is 12.2 Å². The average molecular weight is 272 g/mol. The van der Waals surface area contributed by atoms with Gasteiger partial charge in [0.15, 0.2) is 0 Å². The van der Waals surface area contributed by atoms with Gasteiger partial charge in [0.2, 0.25) is 5.54 Å². The van der Waals surface area contributed by atoms with E-state index in [9.17, 15) is 22.8 Å². The molecule has 102 valence electrons. The summed E-state index contributed by atoms with van der Waals surface area (Å²) in [6.45, 7) is 1.32. The second-order valence-corrected chi connectivity index (χ2v) is 4.09. The van der Waals surface area contributed by atoms with E-state index in [1.807, 2.05) is 0 Å². The third kappa shape index (κ3) is 1.76. The van der Waals surface area contributed by atoms with Crippen LogP contribution in [-0.2, 0) is 10.3 Å². The molecule has 2 rings (SSSR count). The highest BCUT2D eigenvalue weighted by Gasteiger charge is 2.68. The molecular formula is C12H11F3N2O2. The number of hydrogen-bond acceptors (Lipinski definition) is 2. The molecule has 0 saturated carbocycles. The molecule has 0 aromatic heterocycles. The molecule has 1 fully saturated rings. The van der Waals surface area contributed by atoms with Crippen LogP contribution in [0, 0.1) is 0 Å². The third-order valence-electron chi connectivity index (χ3n) is 3.05. The van der Waals surface area contributed by atoms with E-state index in [0.717, 1.165) is 0 Å². The molecule has 19 heavy (non-hydrogen) atoms. The molecule has 1 aliphatic heterocycles. The topological polar surface area (TPSA) is 49.4 Å². The number of alkyl halides is 3. The van der Waals surface area contributed by atoms with Gasteiger partial charge in [-0.05, 0) is 12.5 Å². The van der Waals surface area contributed by atoms with Crippen molar-refractivity contribution in [1.82, 2.24) is 10.2 Å². The van der Waals surface area contributed by atoms with Crippen molar-refractivity contribution < 1.29 is 22.8 Å². The molecule has 0 radical (unpaired) electrons. The van der Waals surface area contributed by atoms with Crippen LogP contribution in [0.3, 0.4) is 0 Å². The summed E-state index contributed by atoms with van der Waals surface area (Å²) in [6.07, 6.45) is -4.91. The predicted molar refractivity (Wildman–Crippen MR) is 60.1 cm³/mol. The lowest BCUT2D eigenvalue weighted by atomic mass is 9.89. The molecule has 1 aromatic rings. The Morgan fingerprint density at radius 2 is 1.79 bits per heavy atom. The number of likely N-dealkylation sites (N-methyl/N-ethyl adjacent to an activating group) is 1. The minimum Gasteiger partial charge on any atom is -0.312 e. The van der Waals surface area contributed by atoms with E-state index >= 15 is 0 Å². The van der Waals surface area contributed by atoms with Crippen LogP contribution >= 0.6 is 0 Å². The molecule has 1 aromatic carbocycles. The van der Waals surface area contributed by atoms with Gasteiger partial charge < -0.3 is 5.32 Å². The Labute approximate surface area is 107 Å². The second-order valence-electron chi connectivity index (χ2n) is 4.09. The average Bonchev–Trinajstić information content (AvgIpc) is 2.62. The molecular weight excluding hydrogens is 261 g/mol. The lowest BCUT2D eigenvalue weighted by Gasteiger charge is -2.29. The Morgan fingerprint density at radius 1 is 1.21 bits per heavy atom. The molecule has 0 bridgehead atoms. The van der Waals surface area contributed by atoms with Crippen molar-refractivity contribution in [3.63, 3.8) is 0 Å². The van der Waals surface area contributed by atoms with Gasteiger partial charge in [-0.3, -0.25) is 9.69 Å². The largest absolute Gasteiger partial charge is 0.425 e. The number of nitrogens with one attached hydrogen (secondary N) is 1. The van der Waals surface area contributed by atoms with Crippen molar-refractivity contribution in [2.24, 2.45) is 0 Å². The van der Waals surface area contributed by atoms with Gasteiger partial charge in [-0.1, -0.05) is 30.3 Å². The lowest BCUT2D eigenvalue weighted by Crippen LogP contribution is -2.55. The van der Waals surface area contributed by atoms with Crippen LogP contribution < -0.4 is 5.32 Å². The van der Waals surface area contributed by atoms with Crippen LogP contribution in [0.15, 0.2) is 30.3 Å². The molecule has 1 heterocycles. The van der Waals surface area contributed by atoms with Crippen LogP contribution in [0.4, 0.5) is 18.0 Å². The number of amides is 3. The molecule has 1 aliphatic rings. The first kappa shape index (κ1) is 13.4. The Morgan fingerprint density at radius 3 is 2.21 bits per heavy atom. The van der Waals surface area contributed by atoms with Gasteiger partial charge in [0.1, 0.15) is 0 Å². The van der Waals surface area contributed by atoms with E-state index in [2.05, 4.69) is 0 Å². The number of nitrogens with zero attached hydrogens (tertiary/aromatic N) is 1. The number of benzene rings is 1. The molecule has 0 spiro atoms. The van der Waals surface area contributed by atoms with Crippen LogP contribution in [0.2, 0.25) is 0 Å². The highest BCUT2D eigenvalue weighted by molar-refractivity contribution is 6.08. The van der Waals surface area contributed by atoms with Crippen molar-refractivity contribution >= 4 is 11.9 Å². The van der Waals surface area contributed by atoms with Gasteiger partial charge in [0, 0.05) is 6.54 Å². The van der Waals surface area contributed by atoms with Crippen LogP contribution in [0.5, 0.6) is 0 Å². The number of carbonyl (C=O) groups excluding carboxylic acids is 2. The maximum Gasteiger partial charge on any atom is 0.425 e. The fraction of sp³-hybridized carbons (Fsp3) is 0.333. The van der Waals surface area contributed by atoms with Crippen LogP contribution in [0.25, 0.3) is 0 Å². The SMILES string of the molecule is CCN1C(=O)N[C@](c2ccccc2)(C(F)(F)F)C1=O. The first-order valence-corrected chi connectivity index (χ1v) is 5.61. The summed E-state index contributed by atoms with van der Waals surface area (Å²) in [7, 11) is 0. The highest BCUT2D eigenvalue weighted by Crippen LogP contribution is 2.43. The monoisotopic (exact) mass is 272 g/mol. The number of imide groups is 1. The first-order valence-electron chi connectivity index (χ1n) is 5.61. The fourth-order valence-electron chi connectivity index (χ4n) is 2.10. The van der Waals surface area contributed by atoms with Crippen molar-refractivity contribution in [1.29, 1.82) is 0 Å². The van der Waals surface area contributed by atoms with E-state index in [1.165, 1.54) is 37.3 Å². The third-order valence-corrected chi connectivity index (χ3v) is 3.05. The minimum atomic E-state index is -4.91. The Hall–Kier alpha value is -2.05. The predicted octanol–water partition coefficient (Wildman–Crippen LogP) is 2.02. The van der Waals surface area contributed by atoms with E-state index in [4.69, 9.17) is 0 Å². The van der Waals surface area contributed by atoms with Gasteiger partial charge in [-0.2, -0.15) is 13.2 Å². The fourth-order valence-corrected chi connectivity index (χ4v) is 2.10. The molecule has 0 aliphatic carbocycles. The van der Waals surface area contributed by atoms with Crippen LogP contribution in [0.1, 0.15) is 12.5 Å². The van der Waals surface area contributed by atoms with E-state index in [-0.39, 0.29) is 12.1 Å². The van der Waals surface area contributed by atoms with Crippen molar-refractivity contribution in [3.05, 3.63) is 35.9 Å². The molecule has 1 saturated heterocycles. The second kappa shape index (κ2) is 4.25. The zero-order valence-corrected chi connectivity index (χ0v) is 9.99. The smallest absolute Gasteiger partial charge is 0.312 e. The van der Waals surface area contributed by atoms with E-state index in [1.54, 1.807) is 5.32 Å². The normalized spacial score (nSPS) is 23.7. The number of hydrogen-bond donors (Lipinski definition) is 1. The summed E-state index contributed by atoms with van der Waals surface area (Å²) in [5.41, 5.74) is -3.28. The number of urea groups is 1. The van der Waals surface area contributed by atoms with Gasteiger partial charge in [0.25, 0.3) is 5.91 Å². The summed E-state index contributed by atoms with van der Waals surface area (Å²) in [5.74, 6) is -1.29. The Balaban J connectivity index is 2.63. The molecule has 1 N–H and O–H groups in total. The standard InChI is InChI=1S/C12H11F3N2O2/c1-2-17-9(18)11(12(13,14)15,16-10(17)19)8-6-4-3-5-7-8/h3-7H,2H2,1H3,(H,16,19)/t11-/m0/s1. The van der Waals surface area contributed by atoms with Crippen molar-refractivity contribution in [3.8, 4) is 0 Å². The molecule has 0 unspecified atom stereocenters.